The fraction of sp³-hybridized carbons (Fsp3) is 0.857. The lowest BCUT2D eigenvalue weighted by Crippen LogP contribution is -2.31. The molecule has 2 rings (SSSR count). The SMILES string of the molecule is CCC1CCCCC1Nc1nnc(CNC(C)C)o1. The third-order valence-electron chi connectivity index (χ3n) is 3.87. The van der Waals surface area contributed by atoms with Gasteiger partial charge in [-0.15, -0.1) is 5.10 Å². The van der Waals surface area contributed by atoms with Crippen LogP contribution in [0, 0.1) is 5.92 Å². The number of hydrogen-bond donors (Lipinski definition) is 2. The Balaban J connectivity index is 1.88. The summed E-state index contributed by atoms with van der Waals surface area (Å²) in [4.78, 5) is 0. The van der Waals surface area contributed by atoms with E-state index in [1.54, 1.807) is 0 Å². The minimum absolute atomic E-state index is 0.422. The van der Waals surface area contributed by atoms with Gasteiger partial charge in [-0.3, -0.25) is 0 Å². The van der Waals surface area contributed by atoms with Crippen LogP contribution >= 0.6 is 0 Å². The van der Waals surface area contributed by atoms with Crippen molar-refractivity contribution in [2.75, 3.05) is 5.32 Å². The molecule has 1 aliphatic carbocycles. The van der Waals surface area contributed by atoms with Crippen LogP contribution in [0.1, 0.15) is 58.8 Å². The largest absolute Gasteiger partial charge is 0.407 e. The number of aromatic nitrogens is 2. The highest BCUT2D eigenvalue weighted by Gasteiger charge is 2.24. The Morgan fingerprint density at radius 3 is 2.79 bits per heavy atom. The molecule has 1 fully saturated rings. The van der Waals surface area contributed by atoms with E-state index in [4.69, 9.17) is 4.42 Å². The summed E-state index contributed by atoms with van der Waals surface area (Å²) in [7, 11) is 0. The van der Waals surface area contributed by atoms with E-state index in [1.807, 2.05) is 0 Å². The topological polar surface area (TPSA) is 63.0 Å². The van der Waals surface area contributed by atoms with Crippen molar-refractivity contribution in [3.63, 3.8) is 0 Å². The maximum absolute atomic E-state index is 5.63. The monoisotopic (exact) mass is 266 g/mol. The molecular weight excluding hydrogens is 240 g/mol. The zero-order chi connectivity index (χ0) is 13.7. The highest BCUT2D eigenvalue weighted by atomic mass is 16.4. The van der Waals surface area contributed by atoms with Crippen molar-refractivity contribution in [1.82, 2.24) is 15.5 Å². The Morgan fingerprint density at radius 2 is 2.05 bits per heavy atom. The molecule has 5 heteroatoms. The lowest BCUT2D eigenvalue weighted by molar-refractivity contribution is 0.311. The van der Waals surface area contributed by atoms with Gasteiger partial charge in [-0.05, 0) is 18.8 Å². The molecule has 0 bridgehead atoms. The zero-order valence-corrected chi connectivity index (χ0v) is 12.3. The molecule has 1 heterocycles. The van der Waals surface area contributed by atoms with Crippen molar-refractivity contribution >= 4 is 6.01 Å². The third kappa shape index (κ3) is 4.20. The fourth-order valence-electron chi connectivity index (χ4n) is 2.72. The molecule has 2 unspecified atom stereocenters. The summed E-state index contributed by atoms with van der Waals surface area (Å²) in [5, 5.41) is 14.8. The molecule has 5 nitrogen and oxygen atoms in total. The molecule has 19 heavy (non-hydrogen) atoms. The van der Waals surface area contributed by atoms with Crippen LogP contribution in [0.3, 0.4) is 0 Å². The van der Waals surface area contributed by atoms with Gasteiger partial charge in [0.15, 0.2) is 0 Å². The number of rotatable bonds is 6. The summed E-state index contributed by atoms with van der Waals surface area (Å²) in [6.45, 7) is 7.09. The van der Waals surface area contributed by atoms with Crippen LogP contribution in [0.15, 0.2) is 4.42 Å². The van der Waals surface area contributed by atoms with Crippen LogP contribution in [-0.2, 0) is 6.54 Å². The molecule has 0 aliphatic heterocycles. The van der Waals surface area contributed by atoms with Crippen LogP contribution in [0.2, 0.25) is 0 Å². The summed E-state index contributed by atoms with van der Waals surface area (Å²) in [6, 6.07) is 1.49. The molecular formula is C14H26N4O. The van der Waals surface area contributed by atoms with Crippen LogP contribution in [0.4, 0.5) is 6.01 Å². The Morgan fingerprint density at radius 1 is 1.26 bits per heavy atom. The lowest BCUT2D eigenvalue weighted by atomic mass is 9.83. The highest BCUT2D eigenvalue weighted by molar-refractivity contribution is 5.20. The van der Waals surface area contributed by atoms with Gasteiger partial charge in [-0.1, -0.05) is 45.1 Å². The second-order valence-corrected chi connectivity index (χ2v) is 5.74. The predicted molar refractivity (Wildman–Crippen MR) is 75.9 cm³/mol. The van der Waals surface area contributed by atoms with Gasteiger partial charge in [0, 0.05) is 12.1 Å². The van der Waals surface area contributed by atoms with E-state index in [0.717, 1.165) is 5.92 Å². The summed E-state index contributed by atoms with van der Waals surface area (Å²) in [5.41, 5.74) is 0. The first kappa shape index (κ1) is 14.3. The first-order chi connectivity index (χ1) is 9.19. The first-order valence-electron chi connectivity index (χ1n) is 7.51. The van der Waals surface area contributed by atoms with Gasteiger partial charge < -0.3 is 15.1 Å². The minimum atomic E-state index is 0.422. The Bertz CT molecular complexity index is 377. The van der Waals surface area contributed by atoms with Crippen molar-refractivity contribution in [2.45, 2.75) is 71.5 Å². The van der Waals surface area contributed by atoms with E-state index in [-0.39, 0.29) is 0 Å². The summed E-state index contributed by atoms with van der Waals surface area (Å²) in [5.74, 6) is 1.39. The molecule has 1 aliphatic rings. The Hall–Kier alpha value is -1.10. The lowest BCUT2D eigenvalue weighted by Gasteiger charge is -2.30. The molecule has 0 amide bonds. The van der Waals surface area contributed by atoms with E-state index < -0.39 is 0 Å². The second-order valence-electron chi connectivity index (χ2n) is 5.74. The van der Waals surface area contributed by atoms with Crippen molar-refractivity contribution in [2.24, 2.45) is 5.92 Å². The quantitative estimate of drug-likeness (QED) is 0.829. The van der Waals surface area contributed by atoms with Gasteiger partial charge in [0.25, 0.3) is 0 Å². The number of nitrogens with zero attached hydrogens (tertiary/aromatic N) is 2. The molecule has 0 radical (unpaired) electrons. The zero-order valence-electron chi connectivity index (χ0n) is 12.3. The smallest absolute Gasteiger partial charge is 0.315 e. The van der Waals surface area contributed by atoms with Crippen LogP contribution in [0.25, 0.3) is 0 Å². The Labute approximate surface area is 115 Å². The van der Waals surface area contributed by atoms with Crippen molar-refractivity contribution < 1.29 is 4.42 Å². The van der Waals surface area contributed by atoms with E-state index in [1.165, 1.54) is 32.1 Å². The molecule has 0 spiro atoms. The summed E-state index contributed by atoms with van der Waals surface area (Å²) < 4.78 is 5.63. The van der Waals surface area contributed by atoms with E-state index in [9.17, 15) is 0 Å². The third-order valence-corrected chi connectivity index (χ3v) is 3.87. The maximum atomic E-state index is 5.63. The average molecular weight is 266 g/mol. The average Bonchev–Trinajstić information content (AvgIpc) is 2.85. The number of nitrogens with one attached hydrogen (secondary N) is 2. The van der Waals surface area contributed by atoms with Crippen molar-refractivity contribution in [1.29, 1.82) is 0 Å². The summed E-state index contributed by atoms with van der Waals surface area (Å²) in [6.07, 6.45) is 6.38. The standard InChI is InChI=1S/C14H26N4O/c1-4-11-7-5-6-8-12(11)16-14-18-17-13(19-14)9-15-10(2)3/h10-12,15H,4-9H2,1-3H3,(H,16,18). The predicted octanol–water partition coefficient (Wildman–Crippen LogP) is 2.95. The molecule has 1 aromatic rings. The van der Waals surface area contributed by atoms with Crippen LogP contribution in [0.5, 0.6) is 0 Å². The molecule has 2 atom stereocenters. The molecule has 0 saturated heterocycles. The highest BCUT2D eigenvalue weighted by Crippen LogP contribution is 2.29. The van der Waals surface area contributed by atoms with E-state index >= 15 is 0 Å². The number of anilines is 1. The van der Waals surface area contributed by atoms with E-state index in [0.29, 0.717) is 30.5 Å². The van der Waals surface area contributed by atoms with Crippen molar-refractivity contribution in [3.05, 3.63) is 5.89 Å². The Kier molecular flexibility index (Phi) is 5.19. The van der Waals surface area contributed by atoms with Gasteiger partial charge in [0.05, 0.1) is 6.54 Å². The van der Waals surface area contributed by atoms with Gasteiger partial charge in [-0.2, -0.15) is 0 Å². The van der Waals surface area contributed by atoms with Gasteiger partial charge in [0.2, 0.25) is 5.89 Å². The molecule has 108 valence electrons. The van der Waals surface area contributed by atoms with E-state index in [2.05, 4.69) is 41.6 Å². The molecule has 0 aromatic carbocycles. The van der Waals surface area contributed by atoms with Crippen LogP contribution in [-0.4, -0.2) is 22.3 Å². The normalized spacial score (nSPS) is 23.8. The van der Waals surface area contributed by atoms with Crippen LogP contribution < -0.4 is 10.6 Å². The summed E-state index contributed by atoms with van der Waals surface area (Å²) >= 11 is 0. The molecule has 1 saturated carbocycles. The maximum Gasteiger partial charge on any atom is 0.315 e. The number of hydrogen-bond acceptors (Lipinski definition) is 5. The fourth-order valence-corrected chi connectivity index (χ4v) is 2.72. The molecule has 2 N–H and O–H groups in total. The molecule has 1 aromatic heterocycles. The first-order valence-corrected chi connectivity index (χ1v) is 7.51. The minimum Gasteiger partial charge on any atom is -0.407 e. The van der Waals surface area contributed by atoms with Crippen molar-refractivity contribution in [3.8, 4) is 0 Å². The van der Waals surface area contributed by atoms with Gasteiger partial charge in [-0.25, -0.2) is 0 Å². The van der Waals surface area contributed by atoms with Gasteiger partial charge >= 0.3 is 6.01 Å². The van der Waals surface area contributed by atoms with Gasteiger partial charge in [0.1, 0.15) is 0 Å². The second kappa shape index (κ2) is 6.89.